The monoisotopic (exact) mass is 408 g/mol. The quantitative estimate of drug-likeness (QED) is 0.842. The van der Waals surface area contributed by atoms with E-state index in [1.54, 1.807) is 0 Å². The summed E-state index contributed by atoms with van der Waals surface area (Å²) in [7, 11) is 0. The number of carbonyl (C=O) groups is 2. The topological polar surface area (TPSA) is 86.4 Å². The van der Waals surface area contributed by atoms with Crippen LogP contribution >= 0.6 is 0 Å². The molecule has 2 saturated heterocycles. The van der Waals surface area contributed by atoms with Crippen molar-refractivity contribution < 1.29 is 9.59 Å². The highest BCUT2D eigenvalue weighted by atomic mass is 16.2. The summed E-state index contributed by atoms with van der Waals surface area (Å²) in [5.74, 6) is 0.739. The second-order valence-corrected chi connectivity index (χ2v) is 8.88. The van der Waals surface area contributed by atoms with Gasteiger partial charge in [-0.2, -0.15) is 0 Å². The van der Waals surface area contributed by atoms with Crippen molar-refractivity contribution in [1.82, 2.24) is 19.8 Å². The maximum absolute atomic E-state index is 13.1. The first-order valence-corrected chi connectivity index (χ1v) is 10.5. The Balaban J connectivity index is 1.61. The lowest BCUT2D eigenvalue weighted by atomic mass is 9.87. The van der Waals surface area contributed by atoms with Gasteiger partial charge in [0.25, 0.3) is 11.5 Å². The van der Waals surface area contributed by atoms with Gasteiger partial charge in [0, 0.05) is 44.1 Å². The Morgan fingerprint density at radius 3 is 2.63 bits per heavy atom. The smallest absolute Gasteiger partial charge is 0.273 e. The van der Waals surface area contributed by atoms with Crippen molar-refractivity contribution in [2.24, 2.45) is 17.8 Å². The highest BCUT2D eigenvalue weighted by Gasteiger charge is 2.50. The molecule has 2 aliphatic rings. The van der Waals surface area contributed by atoms with E-state index in [1.807, 2.05) is 21.9 Å². The molecule has 0 unspecified atom stereocenters. The fourth-order valence-electron chi connectivity index (χ4n) is 4.87. The van der Waals surface area contributed by atoms with Gasteiger partial charge in [-0.1, -0.05) is 38.1 Å². The van der Waals surface area contributed by atoms with Crippen LogP contribution < -0.4 is 5.56 Å². The lowest BCUT2D eigenvalue weighted by molar-refractivity contribution is -0.133. The van der Waals surface area contributed by atoms with Crippen molar-refractivity contribution in [1.29, 1.82) is 0 Å². The molecule has 3 atom stereocenters. The zero-order valence-electron chi connectivity index (χ0n) is 17.7. The van der Waals surface area contributed by atoms with Crippen LogP contribution in [-0.4, -0.2) is 51.2 Å². The SMILES string of the molecule is Cc1ccccc1[C@H]1[C@H]2CN(C(=O)c3c[nH]c(=O)cn3)C[C@H]2CN1C(=O)CC(C)C. The number of likely N-dealkylation sites (tertiary alicyclic amines) is 2. The molecule has 0 aliphatic carbocycles. The number of fused-ring (bicyclic) bond motifs is 1. The van der Waals surface area contributed by atoms with Crippen LogP contribution in [0.4, 0.5) is 0 Å². The van der Waals surface area contributed by atoms with E-state index < -0.39 is 0 Å². The van der Waals surface area contributed by atoms with Gasteiger partial charge in [-0.05, 0) is 24.0 Å². The molecular weight excluding hydrogens is 380 g/mol. The van der Waals surface area contributed by atoms with E-state index in [2.05, 4.69) is 42.9 Å². The molecule has 0 radical (unpaired) electrons. The molecule has 158 valence electrons. The van der Waals surface area contributed by atoms with E-state index in [9.17, 15) is 14.4 Å². The molecule has 0 bridgehead atoms. The number of nitrogens with one attached hydrogen (secondary N) is 1. The summed E-state index contributed by atoms with van der Waals surface area (Å²) < 4.78 is 0. The summed E-state index contributed by atoms with van der Waals surface area (Å²) in [4.78, 5) is 47.6. The predicted octanol–water partition coefficient (Wildman–Crippen LogP) is 2.40. The molecule has 30 heavy (non-hydrogen) atoms. The molecule has 1 aromatic heterocycles. The molecule has 2 amide bonds. The Hall–Kier alpha value is -2.96. The summed E-state index contributed by atoms with van der Waals surface area (Å²) in [5, 5.41) is 0. The second-order valence-electron chi connectivity index (χ2n) is 8.88. The number of benzene rings is 1. The number of H-pyrrole nitrogens is 1. The van der Waals surface area contributed by atoms with Gasteiger partial charge in [0.15, 0.2) is 0 Å². The Kier molecular flexibility index (Phi) is 5.45. The van der Waals surface area contributed by atoms with Gasteiger partial charge in [-0.3, -0.25) is 14.4 Å². The van der Waals surface area contributed by atoms with Crippen molar-refractivity contribution in [3.05, 3.63) is 63.8 Å². The Morgan fingerprint density at radius 1 is 1.20 bits per heavy atom. The first kappa shape index (κ1) is 20.3. The van der Waals surface area contributed by atoms with Crippen LogP contribution in [0.5, 0.6) is 0 Å². The van der Waals surface area contributed by atoms with Crippen molar-refractivity contribution in [2.45, 2.75) is 33.2 Å². The third kappa shape index (κ3) is 3.76. The van der Waals surface area contributed by atoms with E-state index >= 15 is 0 Å². The summed E-state index contributed by atoms with van der Waals surface area (Å²) in [6.45, 7) is 8.05. The number of nitrogens with zero attached hydrogens (tertiary/aromatic N) is 3. The molecule has 0 saturated carbocycles. The number of hydrogen-bond acceptors (Lipinski definition) is 4. The van der Waals surface area contributed by atoms with Gasteiger partial charge in [0.2, 0.25) is 5.91 Å². The number of aryl methyl sites for hydroxylation is 1. The molecule has 1 aromatic carbocycles. The fourth-order valence-corrected chi connectivity index (χ4v) is 4.87. The summed E-state index contributed by atoms with van der Waals surface area (Å²) >= 11 is 0. The van der Waals surface area contributed by atoms with E-state index in [0.29, 0.717) is 32.0 Å². The third-order valence-corrected chi connectivity index (χ3v) is 6.25. The van der Waals surface area contributed by atoms with Crippen LogP contribution in [0, 0.1) is 24.7 Å². The molecule has 7 heteroatoms. The second kappa shape index (κ2) is 8.05. The molecule has 4 rings (SSSR count). The molecule has 3 heterocycles. The lowest BCUT2D eigenvalue weighted by Crippen LogP contribution is -2.38. The Morgan fingerprint density at radius 2 is 1.97 bits per heavy atom. The van der Waals surface area contributed by atoms with Gasteiger partial charge >= 0.3 is 0 Å². The maximum atomic E-state index is 13.1. The van der Waals surface area contributed by atoms with Crippen molar-refractivity contribution in [2.75, 3.05) is 19.6 Å². The number of hydrogen-bond donors (Lipinski definition) is 1. The number of aromatic nitrogens is 2. The summed E-state index contributed by atoms with van der Waals surface area (Å²) in [6.07, 6.45) is 3.04. The zero-order valence-corrected chi connectivity index (χ0v) is 17.7. The van der Waals surface area contributed by atoms with Crippen LogP contribution in [-0.2, 0) is 4.79 Å². The minimum absolute atomic E-state index is 0.0243. The lowest BCUT2D eigenvalue weighted by Gasteiger charge is -2.31. The maximum Gasteiger partial charge on any atom is 0.273 e. The third-order valence-electron chi connectivity index (χ3n) is 6.25. The van der Waals surface area contributed by atoms with Gasteiger partial charge < -0.3 is 14.8 Å². The Bertz CT molecular complexity index is 995. The van der Waals surface area contributed by atoms with Gasteiger partial charge in [0.05, 0.1) is 12.2 Å². The molecule has 2 aliphatic heterocycles. The molecule has 0 spiro atoms. The number of rotatable bonds is 4. The average Bonchev–Trinajstić information content (AvgIpc) is 3.26. The molecule has 7 nitrogen and oxygen atoms in total. The molecular formula is C23H28N4O3. The normalized spacial score (nSPS) is 23.1. The highest BCUT2D eigenvalue weighted by Crippen LogP contribution is 2.46. The van der Waals surface area contributed by atoms with E-state index in [1.165, 1.54) is 11.8 Å². The van der Waals surface area contributed by atoms with Crippen LogP contribution in [0.25, 0.3) is 0 Å². The summed E-state index contributed by atoms with van der Waals surface area (Å²) in [5.41, 5.74) is 2.25. The standard InChI is InChI=1S/C23H28N4O3/c1-14(2)8-21(29)27-12-16-11-26(23(30)19-9-25-20(28)10-24-19)13-18(16)22(27)17-7-5-4-6-15(17)3/h4-7,9-10,14,16,18,22H,8,11-13H2,1-3H3,(H,25,28)/t16-,18-,22-/m0/s1. The van der Waals surface area contributed by atoms with E-state index in [0.717, 1.165) is 11.8 Å². The van der Waals surface area contributed by atoms with Gasteiger partial charge in [0.1, 0.15) is 5.69 Å². The first-order chi connectivity index (χ1) is 14.3. The van der Waals surface area contributed by atoms with Crippen LogP contribution in [0.2, 0.25) is 0 Å². The molecule has 1 N–H and O–H groups in total. The van der Waals surface area contributed by atoms with E-state index in [-0.39, 0.29) is 40.9 Å². The molecule has 2 aromatic rings. The number of amides is 2. The number of carbonyl (C=O) groups excluding carboxylic acids is 2. The summed E-state index contributed by atoms with van der Waals surface area (Å²) in [6, 6.07) is 8.19. The number of aromatic amines is 1. The van der Waals surface area contributed by atoms with E-state index in [4.69, 9.17) is 0 Å². The van der Waals surface area contributed by atoms with Crippen LogP contribution in [0.15, 0.2) is 41.5 Å². The van der Waals surface area contributed by atoms with Crippen molar-refractivity contribution >= 4 is 11.8 Å². The predicted molar refractivity (Wildman–Crippen MR) is 113 cm³/mol. The minimum Gasteiger partial charge on any atom is -0.337 e. The van der Waals surface area contributed by atoms with Gasteiger partial charge in [-0.25, -0.2) is 4.98 Å². The first-order valence-electron chi connectivity index (χ1n) is 10.5. The van der Waals surface area contributed by atoms with Crippen molar-refractivity contribution in [3.8, 4) is 0 Å². The Labute approximate surface area is 176 Å². The van der Waals surface area contributed by atoms with Gasteiger partial charge in [-0.15, -0.1) is 0 Å². The van der Waals surface area contributed by atoms with Crippen LogP contribution in [0.1, 0.15) is 47.9 Å². The highest BCUT2D eigenvalue weighted by molar-refractivity contribution is 5.92. The minimum atomic E-state index is -0.330. The zero-order chi connectivity index (χ0) is 21.4. The fraction of sp³-hybridized carbons (Fsp3) is 0.478. The molecule has 2 fully saturated rings. The largest absolute Gasteiger partial charge is 0.337 e. The average molecular weight is 409 g/mol. The van der Waals surface area contributed by atoms with Crippen LogP contribution in [0.3, 0.4) is 0 Å². The van der Waals surface area contributed by atoms with Crippen molar-refractivity contribution in [3.63, 3.8) is 0 Å².